The van der Waals surface area contributed by atoms with Crippen LogP contribution in [0.1, 0.15) is 33.4 Å². The largest absolute Gasteiger partial charge is 0.551 e. The first-order chi connectivity index (χ1) is 23.3. The predicted molar refractivity (Wildman–Crippen MR) is 207 cm³/mol. The number of aryl methyl sites for hydroxylation is 6. The Morgan fingerprint density at radius 2 is 1.21 bits per heavy atom. The Morgan fingerprint density at radius 1 is 0.583 bits per heavy atom. The summed E-state index contributed by atoms with van der Waals surface area (Å²) in [5.41, 5.74) is 21.3. The van der Waals surface area contributed by atoms with Crippen molar-refractivity contribution in [1.82, 2.24) is 0 Å². The first-order valence-corrected chi connectivity index (χ1v) is 17.7. The molecular weight excluding hydrogens is 601 g/mol. The van der Waals surface area contributed by atoms with Crippen LogP contribution in [0.3, 0.4) is 0 Å². The van der Waals surface area contributed by atoms with E-state index in [0.717, 1.165) is 17.1 Å². The third-order valence-electron chi connectivity index (χ3n) is 10.3. The van der Waals surface area contributed by atoms with Crippen LogP contribution in [0, 0.1) is 41.5 Å². The van der Waals surface area contributed by atoms with E-state index in [9.17, 15) is 0 Å². The summed E-state index contributed by atoms with van der Waals surface area (Å²) in [5.74, 6) is 0.945. The number of thiophene rings is 1. The maximum absolute atomic E-state index is 7.04. The SMILES string of the molecule is Cc1cc(C)c(-c2ccc(N3c4ccc(-c5c(C)cc(C)cc5C)cc4B4Oc5ccccc5-c5c4c3cc3sccc53)cc2)c(C)c1. The Kier molecular flexibility index (Phi) is 6.51. The monoisotopic (exact) mass is 637 g/mol. The van der Waals surface area contributed by atoms with Crippen molar-refractivity contribution in [3.8, 4) is 39.1 Å². The molecule has 6 aromatic carbocycles. The highest BCUT2D eigenvalue weighted by Crippen LogP contribution is 2.47. The van der Waals surface area contributed by atoms with Crippen LogP contribution in [-0.2, 0) is 0 Å². The maximum Gasteiger partial charge on any atom is 0.431 e. The minimum absolute atomic E-state index is 0.219. The van der Waals surface area contributed by atoms with Crippen molar-refractivity contribution >= 4 is 56.3 Å². The van der Waals surface area contributed by atoms with E-state index in [-0.39, 0.29) is 6.92 Å². The van der Waals surface area contributed by atoms with E-state index in [1.807, 2.05) is 11.3 Å². The molecule has 3 heterocycles. The molecule has 0 aliphatic carbocycles. The van der Waals surface area contributed by atoms with Crippen LogP contribution in [-0.4, -0.2) is 6.92 Å². The topological polar surface area (TPSA) is 12.5 Å². The van der Waals surface area contributed by atoms with Crippen molar-refractivity contribution in [2.75, 3.05) is 4.90 Å². The molecule has 9 rings (SSSR count). The van der Waals surface area contributed by atoms with Gasteiger partial charge in [0.1, 0.15) is 5.75 Å². The number of hydrogen-bond acceptors (Lipinski definition) is 3. The van der Waals surface area contributed by atoms with E-state index in [0.29, 0.717) is 0 Å². The average Bonchev–Trinajstić information content (AvgIpc) is 3.53. The smallest absolute Gasteiger partial charge is 0.431 e. The number of para-hydroxylation sites is 1. The van der Waals surface area contributed by atoms with Gasteiger partial charge in [0.25, 0.3) is 0 Å². The fourth-order valence-electron chi connectivity index (χ4n) is 8.62. The molecule has 0 atom stereocenters. The molecule has 0 saturated carbocycles. The molecule has 48 heavy (non-hydrogen) atoms. The number of nitrogens with zero attached hydrogens (tertiary/aromatic N) is 1. The summed E-state index contributed by atoms with van der Waals surface area (Å²) in [4.78, 5) is 2.47. The molecule has 2 aliphatic heterocycles. The van der Waals surface area contributed by atoms with Gasteiger partial charge >= 0.3 is 6.92 Å². The van der Waals surface area contributed by atoms with E-state index < -0.39 is 0 Å². The lowest BCUT2D eigenvalue weighted by Gasteiger charge is -2.40. The van der Waals surface area contributed by atoms with Crippen molar-refractivity contribution in [2.24, 2.45) is 0 Å². The first-order valence-electron chi connectivity index (χ1n) is 16.8. The zero-order valence-corrected chi connectivity index (χ0v) is 29.0. The number of fused-ring (bicyclic) bond motifs is 6. The Morgan fingerprint density at radius 3 is 1.90 bits per heavy atom. The molecule has 0 unspecified atom stereocenters. The lowest BCUT2D eigenvalue weighted by Crippen LogP contribution is -2.56. The van der Waals surface area contributed by atoms with Crippen LogP contribution in [0.2, 0.25) is 0 Å². The minimum atomic E-state index is -0.219. The quantitative estimate of drug-likeness (QED) is 0.179. The zero-order valence-electron chi connectivity index (χ0n) is 28.2. The van der Waals surface area contributed by atoms with Crippen molar-refractivity contribution < 1.29 is 4.65 Å². The first kappa shape index (κ1) is 29.1. The van der Waals surface area contributed by atoms with Crippen LogP contribution < -0.4 is 20.5 Å². The normalized spacial score (nSPS) is 12.9. The van der Waals surface area contributed by atoms with Gasteiger partial charge in [-0.15, -0.1) is 11.3 Å². The third-order valence-corrected chi connectivity index (χ3v) is 11.2. The Bertz CT molecular complexity index is 2410. The Balaban J connectivity index is 1.30. The van der Waals surface area contributed by atoms with Gasteiger partial charge in [0.05, 0.1) is 0 Å². The van der Waals surface area contributed by atoms with Gasteiger partial charge in [0.15, 0.2) is 0 Å². The molecule has 0 amide bonds. The second-order valence-corrected chi connectivity index (χ2v) is 14.7. The van der Waals surface area contributed by atoms with Gasteiger partial charge in [-0.25, -0.2) is 0 Å². The van der Waals surface area contributed by atoms with Crippen molar-refractivity contribution in [3.63, 3.8) is 0 Å². The highest BCUT2D eigenvalue weighted by molar-refractivity contribution is 7.17. The lowest BCUT2D eigenvalue weighted by molar-refractivity contribution is 0.590. The van der Waals surface area contributed by atoms with Crippen molar-refractivity contribution in [2.45, 2.75) is 41.5 Å². The van der Waals surface area contributed by atoms with Crippen LogP contribution >= 0.6 is 11.3 Å². The molecule has 2 nitrogen and oxygen atoms in total. The standard InChI is InChI=1S/C44H36BNOS/c1-25-19-27(3)41(28(4)20-25)31-11-14-33(15-12-31)46-37-16-13-32(42-29(5)21-26(2)22-30(42)6)23-36(37)45-44-38(46)24-40-35(17-18-48-40)43(44)34-9-7-8-10-39(34)47-45/h7-24H,1-6H3. The maximum atomic E-state index is 7.04. The van der Waals surface area contributed by atoms with Gasteiger partial charge in [-0.1, -0.05) is 77.9 Å². The zero-order chi connectivity index (χ0) is 32.8. The number of rotatable bonds is 3. The van der Waals surface area contributed by atoms with Crippen LogP contribution in [0.25, 0.3) is 43.5 Å². The molecule has 7 aromatic rings. The molecule has 1 aromatic heterocycles. The lowest BCUT2D eigenvalue weighted by atomic mass is 9.49. The van der Waals surface area contributed by atoms with Gasteiger partial charge < -0.3 is 9.55 Å². The summed E-state index contributed by atoms with van der Waals surface area (Å²) in [5, 5.41) is 3.52. The molecule has 0 spiro atoms. The fraction of sp³-hybridized carbons (Fsp3) is 0.136. The van der Waals surface area contributed by atoms with Crippen molar-refractivity contribution in [1.29, 1.82) is 0 Å². The Labute approximate surface area is 287 Å². The fourth-order valence-corrected chi connectivity index (χ4v) is 9.44. The number of benzene rings is 6. The van der Waals surface area contributed by atoms with Gasteiger partial charge in [0.2, 0.25) is 0 Å². The van der Waals surface area contributed by atoms with Crippen LogP contribution in [0.15, 0.2) is 109 Å². The second kappa shape index (κ2) is 10.7. The van der Waals surface area contributed by atoms with Crippen molar-refractivity contribution in [3.05, 3.63) is 142 Å². The summed E-state index contributed by atoms with van der Waals surface area (Å²) in [6.07, 6.45) is 0. The highest BCUT2D eigenvalue weighted by atomic mass is 32.1. The molecule has 232 valence electrons. The molecule has 0 radical (unpaired) electrons. The van der Waals surface area contributed by atoms with Gasteiger partial charge in [0, 0.05) is 38.2 Å². The van der Waals surface area contributed by atoms with E-state index >= 15 is 0 Å². The molecule has 0 bridgehead atoms. The number of hydrogen-bond donors (Lipinski definition) is 0. The molecule has 4 heteroatoms. The number of anilines is 3. The summed E-state index contributed by atoms with van der Waals surface area (Å²) >= 11 is 1.81. The van der Waals surface area contributed by atoms with E-state index in [4.69, 9.17) is 4.65 Å². The molecule has 0 saturated heterocycles. The summed E-state index contributed by atoms with van der Waals surface area (Å²) in [7, 11) is 0. The summed E-state index contributed by atoms with van der Waals surface area (Å²) in [6.45, 7) is 13.0. The van der Waals surface area contributed by atoms with E-state index in [1.54, 1.807) is 0 Å². The predicted octanol–water partition coefficient (Wildman–Crippen LogP) is 11.0. The molecule has 0 fully saturated rings. The van der Waals surface area contributed by atoms with Gasteiger partial charge in [-0.3, -0.25) is 0 Å². The molecule has 0 N–H and O–H groups in total. The van der Waals surface area contributed by atoms with E-state index in [1.165, 1.54) is 93.5 Å². The second-order valence-electron chi connectivity index (χ2n) is 13.7. The average molecular weight is 638 g/mol. The molecular formula is C44H36BNOS. The summed E-state index contributed by atoms with van der Waals surface area (Å²) < 4.78 is 8.33. The van der Waals surface area contributed by atoms with Gasteiger partial charge in [-0.05, 0) is 139 Å². The van der Waals surface area contributed by atoms with E-state index in [2.05, 4.69) is 155 Å². The van der Waals surface area contributed by atoms with Crippen LogP contribution in [0.4, 0.5) is 17.1 Å². The minimum Gasteiger partial charge on any atom is -0.551 e. The summed E-state index contributed by atoms with van der Waals surface area (Å²) in [6, 6.07) is 38.6. The third kappa shape index (κ3) is 4.32. The van der Waals surface area contributed by atoms with Gasteiger partial charge in [-0.2, -0.15) is 0 Å². The highest BCUT2D eigenvalue weighted by Gasteiger charge is 2.43. The Hall–Kier alpha value is -5.06. The van der Waals surface area contributed by atoms with Crippen LogP contribution in [0.5, 0.6) is 5.75 Å². The molecule has 2 aliphatic rings.